The van der Waals surface area contributed by atoms with E-state index in [2.05, 4.69) is 5.32 Å². The van der Waals surface area contributed by atoms with Crippen LogP contribution in [0.4, 0.5) is 0 Å². The van der Waals surface area contributed by atoms with Gasteiger partial charge in [0.25, 0.3) is 0 Å². The number of nitrogens with zero attached hydrogens (tertiary/aromatic N) is 2. The molecule has 116 valence electrons. The average molecular weight is 293 g/mol. The van der Waals surface area contributed by atoms with Gasteiger partial charge in [-0.25, -0.2) is 0 Å². The van der Waals surface area contributed by atoms with E-state index in [-0.39, 0.29) is 30.2 Å². The summed E-state index contributed by atoms with van der Waals surface area (Å²) < 4.78 is 0. The van der Waals surface area contributed by atoms with Crippen molar-refractivity contribution in [3.05, 3.63) is 0 Å². The van der Waals surface area contributed by atoms with Crippen LogP contribution in [0.15, 0.2) is 0 Å². The van der Waals surface area contributed by atoms with Crippen molar-refractivity contribution in [3.8, 4) is 0 Å². The Kier molecular flexibility index (Phi) is 3.87. The standard InChI is InChI=1S/C15H23N3O3/c1-10(16-14(20)11-3-2-4-11)15(21)17-7-8-18(12-5-6-12)13(19)9-17/h10-12H,2-9H2,1H3,(H,16,20)/t10-/m0/s1. The highest BCUT2D eigenvalue weighted by molar-refractivity contribution is 5.91. The Morgan fingerprint density at radius 3 is 2.43 bits per heavy atom. The van der Waals surface area contributed by atoms with E-state index in [1.54, 1.807) is 11.8 Å². The van der Waals surface area contributed by atoms with Crippen LogP contribution < -0.4 is 5.32 Å². The fourth-order valence-electron chi connectivity index (χ4n) is 2.98. The molecule has 0 aromatic rings. The van der Waals surface area contributed by atoms with Gasteiger partial charge >= 0.3 is 0 Å². The van der Waals surface area contributed by atoms with Crippen LogP contribution in [0.3, 0.4) is 0 Å². The van der Waals surface area contributed by atoms with Gasteiger partial charge in [0.05, 0.1) is 6.54 Å². The van der Waals surface area contributed by atoms with Crippen LogP contribution in [0.25, 0.3) is 0 Å². The van der Waals surface area contributed by atoms with Crippen molar-refractivity contribution < 1.29 is 14.4 Å². The second kappa shape index (κ2) is 5.66. The zero-order valence-corrected chi connectivity index (χ0v) is 12.5. The van der Waals surface area contributed by atoms with Crippen molar-refractivity contribution in [2.24, 2.45) is 5.92 Å². The lowest BCUT2D eigenvalue weighted by Gasteiger charge is -2.36. The Balaban J connectivity index is 1.50. The zero-order valence-electron chi connectivity index (χ0n) is 12.5. The molecule has 1 saturated heterocycles. The summed E-state index contributed by atoms with van der Waals surface area (Å²) in [5.74, 6) is -0.0558. The highest BCUT2D eigenvalue weighted by Gasteiger charge is 2.38. The van der Waals surface area contributed by atoms with E-state index in [9.17, 15) is 14.4 Å². The summed E-state index contributed by atoms with van der Waals surface area (Å²) in [6.45, 7) is 3.05. The van der Waals surface area contributed by atoms with E-state index in [1.807, 2.05) is 4.90 Å². The fraction of sp³-hybridized carbons (Fsp3) is 0.800. The first-order chi connectivity index (χ1) is 10.1. The second-order valence-corrected chi connectivity index (χ2v) is 6.44. The molecule has 2 aliphatic carbocycles. The highest BCUT2D eigenvalue weighted by Crippen LogP contribution is 2.28. The summed E-state index contributed by atoms with van der Waals surface area (Å²) in [6.07, 6.45) is 5.12. The van der Waals surface area contributed by atoms with Crippen molar-refractivity contribution in [3.63, 3.8) is 0 Å². The van der Waals surface area contributed by atoms with Crippen LogP contribution in [0.1, 0.15) is 39.0 Å². The summed E-state index contributed by atoms with van der Waals surface area (Å²) in [7, 11) is 0. The van der Waals surface area contributed by atoms with Gasteiger partial charge in [-0.05, 0) is 32.6 Å². The molecule has 21 heavy (non-hydrogen) atoms. The van der Waals surface area contributed by atoms with Gasteiger partial charge in [0, 0.05) is 25.0 Å². The Hall–Kier alpha value is -1.59. The molecule has 6 nitrogen and oxygen atoms in total. The van der Waals surface area contributed by atoms with Crippen molar-refractivity contribution >= 4 is 17.7 Å². The average Bonchev–Trinajstić information content (AvgIpc) is 3.19. The topological polar surface area (TPSA) is 69.7 Å². The second-order valence-electron chi connectivity index (χ2n) is 6.44. The summed E-state index contributed by atoms with van der Waals surface area (Å²) >= 11 is 0. The van der Waals surface area contributed by atoms with Gasteiger partial charge in [-0.2, -0.15) is 0 Å². The number of hydrogen-bond donors (Lipinski definition) is 1. The molecule has 0 unspecified atom stereocenters. The maximum Gasteiger partial charge on any atom is 0.245 e. The number of carbonyl (C=O) groups excluding carboxylic acids is 3. The van der Waals surface area contributed by atoms with Crippen molar-refractivity contribution in [2.75, 3.05) is 19.6 Å². The molecule has 3 rings (SSSR count). The van der Waals surface area contributed by atoms with Crippen LogP contribution in [0, 0.1) is 5.92 Å². The van der Waals surface area contributed by atoms with Gasteiger partial charge in [0.15, 0.2) is 0 Å². The Morgan fingerprint density at radius 1 is 1.19 bits per heavy atom. The van der Waals surface area contributed by atoms with Crippen molar-refractivity contribution in [1.82, 2.24) is 15.1 Å². The first kappa shape index (κ1) is 14.4. The third-order valence-corrected chi connectivity index (χ3v) is 4.76. The van der Waals surface area contributed by atoms with E-state index < -0.39 is 6.04 Å². The molecule has 3 aliphatic rings. The van der Waals surface area contributed by atoms with Gasteiger partial charge in [-0.3, -0.25) is 14.4 Å². The summed E-state index contributed by atoms with van der Waals surface area (Å²) in [5, 5.41) is 2.78. The van der Waals surface area contributed by atoms with Crippen molar-refractivity contribution in [1.29, 1.82) is 0 Å². The fourth-order valence-corrected chi connectivity index (χ4v) is 2.98. The SMILES string of the molecule is C[C@H](NC(=O)C1CCC1)C(=O)N1CCN(C2CC2)C(=O)C1. The number of hydrogen-bond acceptors (Lipinski definition) is 3. The monoisotopic (exact) mass is 293 g/mol. The number of piperazine rings is 1. The summed E-state index contributed by atoms with van der Waals surface area (Å²) in [5.41, 5.74) is 0. The molecule has 1 heterocycles. The molecule has 0 spiro atoms. The molecule has 6 heteroatoms. The zero-order chi connectivity index (χ0) is 15.0. The molecule has 1 atom stereocenters. The van der Waals surface area contributed by atoms with Gasteiger partial charge in [-0.15, -0.1) is 0 Å². The molecular weight excluding hydrogens is 270 g/mol. The molecule has 3 fully saturated rings. The molecule has 0 radical (unpaired) electrons. The Labute approximate surface area is 124 Å². The predicted molar refractivity (Wildman–Crippen MR) is 76.3 cm³/mol. The van der Waals surface area contributed by atoms with Crippen LogP contribution in [-0.2, 0) is 14.4 Å². The number of amides is 3. The number of rotatable bonds is 4. The van der Waals surface area contributed by atoms with Crippen LogP contribution in [0.2, 0.25) is 0 Å². The van der Waals surface area contributed by atoms with Crippen LogP contribution in [-0.4, -0.2) is 59.2 Å². The molecule has 1 N–H and O–H groups in total. The first-order valence-electron chi connectivity index (χ1n) is 7.95. The summed E-state index contributed by atoms with van der Waals surface area (Å²) in [4.78, 5) is 39.7. The third-order valence-electron chi connectivity index (χ3n) is 4.76. The number of carbonyl (C=O) groups is 3. The smallest absolute Gasteiger partial charge is 0.245 e. The van der Waals surface area contributed by atoms with Gasteiger partial charge in [0.2, 0.25) is 17.7 Å². The molecule has 0 aromatic heterocycles. The van der Waals surface area contributed by atoms with Crippen LogP contribution in [0.5, 0.6) is 0 Å². The lowest BCUT2D eigenvalue weighted by molar-refractivity contribution is -0.147. The molecule has 3 amide bonds. The molecule has 2 saturated carbocycles. The normalized spacial score (nSPS) is 24.5. The Morgan fingerprint density at radius 2 is 1.90 bits per heavy atom. The molecule has 1 aliphatic heterocycles. The van der Waals surface area contributed by atoms with Crippen molar-refractivity contribution in [2.45, 2.75) is 51.1 Å². The highest BCUT2D eigenvalue weighted by atomic mass is 16.2. The summed E-state index contributed by atoms with van der Waals surface area (Å²) in [6, 6.07) is -0.135. The van der Waals surface area contributed by atoms with E-state index in [1.165, 1.54) is 0 Å². The minimum atomic E-state index is -0.543. The van der Waals surface area contributed by atoms with Crippen LogP contribution >= 0.6 is 0 Å². The van der Waals surface area contributed by atoms with E-state index >= 15 is 0 Å². The Bertz CT molecular complexity index is 457. The quantitative estimate of drug-likeness (QED) is 0.800. The maximum atomic E-state index is 12.3. The maximum absolute atomic E-state index is 12.3. The minimum absolute atomic E-state index is 0.0231. The third kappa shape index (κ3) is 3.04. The van der Waals surface area contributed by atoms with Gasteiger partial charge < -0.3 is 15.1 Å². The molecular formula is C15H23N3O3. The van der Waals surface area contributed by atoms with E-state index in [0.29, 0.717) is 19.1 Å². The molecule has 0 bridgehead atoms. The van der Waals surface area contributed by atoms with Gasteiger partial charge in [0.1, 0.15) is 6.04 Å². The first-order valence-corrected chi connectivity index (χ1v) is 7.95. The van der Waals surface area contributed by atoms with E-state index in [4.69, 9.17) is 0 Å². The number of nitrogens with one attached hydrogen (secondary N) is 1. The molecule has 0 aromatic carbocycles. The largest absolute Gasteiger partial charge is 0.344 e. The lowest BCUT2D eigenvalue weighted by Crippen LogP contribution is -2.57. The lowest BCUT2D eigenvalue weighted by atomic mass is 9.84. The predicted octanol–water partition coefficient (Wildman–Crippen LogP) is 0.124. The van der Waals surface area contributed by atoms with Gasteiger partial charge in [-0.1, -0.05) is 6.42 Å². The minimum Gasteiger partial charge on any atom is -0.344 e. The van der Waals surface area contributed by atoms with E-state index in [0.717, 1.165) is 32.1 Å².